The Labute approximate surface area is 192 Å². The summed E-state index contributed by atoms with van der Waals surface area (Å²) in [5, 5.41) is 3.43. The average Bonchev–Trinajstić information content (AvgIpc) is 2.66. The molecule has 1 N–H and O–H groups in total. The highest BCUT2D eigenvalue weighted by Gasteiger charge is 2.39. The summed E-state index contributed by atoms with van der Waals surface area (Å²) < 4.78 is 11.7. The van der Waals surface area contributed by atoms with Crippen LogP contribution >= 0.6 is 34.8 Å². The lowest BCUT2D eigenvalue weighted by molar-refractivity contribution is 0.0473. The van der Waals surface area contributed by atoms with Crippen molar-refractivity contribution in [3.8, 4) is 0 Å². The number of ether oxygens (including phenoxy) is 2. The number of halogens is 1. The lowest BCUT2D eigenvalue weighted by Gasteiger charge is -2.35. The minimum absolute atomic E-state index is 0.373. The Kier molecular flexibility index (Phi) is 8.89. The van der Waals surface area contributed by atoms with E-state index in [9.17, 15) is 4.79 Å². The van der Waals surface area contributed by atoms with Crippen LogP contribution in [0, 0.1) is 0 Å². The molecule has 0 aliphatic heterocycles. The molecule has 6 heteroatoms. The number of nitrogens with one attached hydrogen (secondary N) is 1. The zero-order chi connectivity index (χ0) is 21.3. The summed E-state index contributed by atoms with van der Waals surface area (Å²) >= 11 is 7.78. The number of benzene rings is 2. The van der Waals surface area contributed by atoms with Crippen molar-refractivity contribution in [2.45, 2.75) is 51.2 Å². The molecule has 0 spiro atoms. The molecule has 0 aliphatic carbocycles. The second-order valence-electron chi connectivity index (χ2n) is 7.90. The summed E-state index contributed by atoms with van der Waals surface area (Å²) in [5.74, 6) is 0. The number of amides is 1. The summed E-state index contributed by atoms with van der Waals surface area (Å²) in [6.45, 7) is 5.53. The fraction of sp³-hybridized carbons (Fsp3) is 0.391. The van der Waals surface area contributed by atoms with Gasteiger partial charge in [0.25, 0.3) is 0 Å². The molecule has 0 saturated carbocycles. The Bertz CT molecular complexity index is 793. The molecule has 0 radical (unpaired) electrons. The Morgan fingerprint density at radius 2 is 1.55 bits per heavy atom. The van der Waals surface area contributed by atoms with E-state index in [4.69, 9.17) is 21.7 Å². The number of hydrogen-bond acceptors (Lipinski definition) is 4. The first-order valence-electron chi connectivity index (χ1n) is 9.56. The number of aryl methyl sites for hydroxylation is 1. The van der Waals surface area contributed by atoms with Crippen molar-refractivity contribution in [2.24, 2.45) is 0 Å². The number of thiocarbonyl (C=S) groups is 1. The summed E-state index contributed by atoms with van der Waals surface area (Å²) in [4.78, 5) is 12.7. The lowest BCUT2D eigenvalue weighted by atomic mass is 9.85. The predicted octanol–water partition coefficient (Wildman–Crippen LogP) is 5.86. The van der Waals surface area contributed by atoms with E-state index in [1.54, 1.807) is 0 Å². The molecule has 2 aromatic rings. The summed E-state index contributed by atoms with van der Waals surface area (Å²) in [5.41, 5.74) is 0.776. The van der Waals surface area contributed by atoms with Crippen LogP contribution in [0.15, 0.2) is 60.7 Å². The SMILES string of the molecule is CC(C)(C)OC(=O)NC(CCc1ccccc1)(Cc1ccccc1)C(=S)OCI. The van der Waals surface area contributed by atoms with E-state index in [0.29, 0.717) is 22.5 Å². The maximum Gasteiger partial charge on any atom is 0.408 e. The fourth-order valence-electron chi connectivity index (χ4n) is 3.05. The molecule has 0 aliphatic rings. The van der Waals surface area contributed by atoms with Gasteiger partial charge in [-0.05, 0) is 79.5 Å². The third-order valence-corrected chi connectivity index (χ3v) is 5.17. The molecule has 2 rings (SSSR count). The van der Waals surface area contributed by atoms with Crippen molar-refractivity contribution in [1.29, 1.82) is 0 Å². The number of rotatable bonds is 8. The molecule has 4 nitrogen and oxygen atoms in total. The maximum atomic E-state index is 12.7. The number of carbonyl (C=O) groups is 1. The average molecular weight is 525 g/mol. The van der Waals surface area contributed by atoms with Crippen molar-refractivity contribution in [3.05, 3.63) is 71.8 Å². The zero-order valence-electron chi connectivity index (χ0n) is 17.1. The van der Waals surface area contributed by atoms with Crippen molar-refractivity contribution in [2.75, 3.05) is 4.61 Å². The van der Waals surface area contributed by atoms with Gasteiger partial charge in [-0.1, -0.05) is 60.7 Å². The predicted molar refractivity (Wildman–Crippen MR) is 130 cm³/mol. The van der Waals surface area contributed by atoms with E-state index >= 15 is 0 Å². The number of alkyl carbamates (subject to hydrolysis) is 1. The molecule has 0 heterocycles. The van der Waals surface area contributed by atoms with Crippen molar-refractivity contribution in [3.63, 3.8) is 0 Å². The van der Waals surface area contributed by atoms with Crippen LogP contribution in [0.1, 0.15) is 38.3 Å². The van der Waals surface area contributed by atoms with E-state index in [-0.39, 0.29) is 0 Å². The van der Waals surface area contributed by atoms with Gasteiger partial charge in [-0.15, -0.1) is 0 Å². The van der Waals surface area contributed by atoms with Crippen LogP contribution < -0.4 is 5.32 Å². The first-order chi connectivity index (χ1) is 13.7. The number of hydrogen-bond donors (Lipinski definition) is 1. The Morgan fingerprint density at radius 3 is 2.07 bits per heavy atom. The molecule has 1 amide bonds. The van der Waals surface area contributed by atoms with Gasteiger partial charge in [-0.25, -0.2) is 4.79 Å². The Morgan fingerprint density at radius 1 is 1.00 bits per heavy atom. The highest BCUT2D eigenvalue weighted by atomic mass is 127. The van der Waals surface area contributed by atoms with Crippen LogP contribution in [0.4, 0.5) is 4.79 Å². The van der Waals surface area contributed by atoms with E-state index in [1.807, 2.05) is 69.3 Å². The molecule has 0 saturated heterocycles. The highest BCUT2D eigenvalue weighted by molar-refractivity contribution is 14.1. The van der Waals surface area contributed by atoms with E-state index in [2.05, 4.69) is 40.0 Å². The Balaban J connectivity index is 2.35. The van der Waals surface area contributed by atoms with Crippen LogP contribution in [0.25, 0.3) is 0 Å². The van der Waals surface area contributed by atoms with Gasteiger partial charge in [0.2, 0.25) is 0 Å². The molecule has 1 atom stereocenters. The van der Waals surface area contributed by atoms with Crippen molar-refractivity contribution >= 4 is 46.0 Å². The monoisotopic (exact) mass is 525 g/mol. The smallest absolute Gasteiger partial charge is 0.408 e. The van der Waals surface area contributed by atoms with Crippen LogP contribution in [0.3, 0.4) is 0 Å². The van der Waals surface area contributed by atoms with Gasteiger partial charge in [-0.2, -0.15) is 0 Å². The molecule has 0 fully saturated rings. The molecule has 0 aromatic heterocycles. The van der Waals surface area contributed by atoms with E-state index in [0.717, 1.165) is 12.0 Å². The highest BCUT2D eigenvalue weighted by Crippen LogP contribution is 2.25. The van der Waals surface area contributed by atoms with Gasteiger partial charge in [0.05, 0.1) is 0 Å². The second-order valence-corrected chi connectivity index (χ2v) is 8.89. The quantitative estimate of drug-likeness (QED) is 0.267. The normalized spacial score (nSPS) is 13.2. The van der Waals surface area contributed by atoms with Gasteiger partial charge in [0, 0.05) is 6.42 Å². The molecule has 1 unspecified atom stereocenters. The molecule has 29 heavy (non-hydrogen) atoms. The standard InChI is InChI=1S/C23H28INO3S/c1-22(2,3)28-21(26)25-23(20(29)27-17-24,16-19-12-8-5-9-13-19)15-14-18-10-6-4-7-11-18/h4-13H,14-17H2,1-3H3,(H,25,26). The number of carbonyl (C=O) groups excluding carboxylic acids is 1. The van der Waals surface area contributed by atoms with Gasteiger partial charge >= 0.3 is 6.09 Å². The maximum absolute atomic E-state index is 12.7. The van der Waals surface area contributed by atoms with Crippen LogP contribution in [-0.2, 0) is 22.3 Å². The van der Waals surface area contributed by atoms with E-state index < -0.39 is 17.2 Å². The van der Waals surface area contributed by atoms with Crippen molar-refractivity contribution < 1.29 is 14.3 Å². The first kappa shape index (κ1) is 23.6. The number of alkyl halides is 1. The van der Waals surface area contributed by atoms with Gasteiger partial charge in [0.1, 0.15) is 15.8 Å². The third kappa shape index (κ3) is 7.93. The van der Waals surface area contributed by atoms with Crippen LogP contribution in [0.2, 0.25) is 0 Å². The van der Waals surface area contributed by atoms with Gasteiger partial charge < -0.3 is 14.8 Å². The third-order valence-electron chi connectivity index (χ3n) is 4.35. The fourth-order valence-corrected chi connectivity index (χ4v) is 3.86. The Hall–Kier alpha value is -1.67. The van der Waals surface area contributed by atoms with Crippen LogP contribution in [0.5, 0.6) is 0 Å². The minimum atomic E-state index is -0.861. The van der Waals surface area contributed by atoms with Crippen LogP contribution in [-0.4, -0.2) is 26.9 Å². The van der Waals surface area contributed by atoms with Gasteiger partial charge in [0.15, 0.2) is 5.05 Å². The molecule has 2 aromatic carbocycles. The second kappa shape index (κ2) is 10.9. The first-order valence-corrected chi connectivity index (χ1v) is 11.5. The molecule has 156 valence electrons. The molecular formula is C23H28INO3S. The summed E-state index contributed by atoms with van der Waals surface area (Å²) in [6, 6.07) is 20.1. The largest absolute Gasteiger partial charge is 0.474 e. The topological polar surface area (TPSA) is 47.6 Å². The minimum Gasteiger partial charge on any atom is -0.474 e. The summed E-state index contributed by atoms with van der Waals surface area (Å²) in [6.07, 6.45) is 1.37. The molecular weight excluding hydrogens is 497 g/mol. The molecule has 0 bridgehead atoms. The van der Waals surface area contributed by atoms with Crippen molar-refractivity contribution in [1.82, 2.24) is 5.32 Å². The van der Waals surface area contributed by atoms with Gasteiger partial charge in [-0.3, -0.25) is 0 Å². The van der Waals surface area contributed by atoms with E-state index in [1.165, 1.54) is 5.56 Å². The summed E-state index contributed by atoms with van der Waals surface area (Å²) in [7, 11) is 0. The lowest BCUT2D eigenvalue weighted by Crippen LogP contribution is -2.57. The zero-order valence-corrected chi connectivity index (χ0v) is 20.1.